The monoisotopic (exact) mass is 639 g/mol. The molecule has 0 radical (unpaired) electrons. The molecule has 0 saturated carbocycles. The number of hydrogen-bond acceptors (Lipinski definition) is 13. The maximum absolute atomic E-state index is 13.1. The third kappa shape index (κ3) is 6.13. The number of nitrogens with one attached hydrogen (secondary N) is 1. The third-order valence-electron chi connectivity index (χ3n) is 6.02. The second-order valence-corrected chi connectivity index (χ2v) is 11.7. The molecule has 3 aromatic heterocycles. The fourth-order valence-corrected chi connectivity index (χ4v) is 6.80. The Morgan fingerprint density at radius 2 is 2.20 bits per heavy atom. The molecule has 1 fully saturated rings. The number of anilines is 1. The maximum atomic E-state index is 13.1. The predicted molar refractivity (Wildman–Crippen MR) is 154 cm³/mol. The summed E-state index contributed by atoms with van der Waals surface area (Å²) in [6.45, 7) is 2.68. The molecule has 5 rings (SSSR count). The van der Waals surface area contributed by atoms with Crippen molar-refractivity contribution in [2.45, 2.75) is 29.9 Å². The van der Waals surface area contributed by atoms with Crippen LogP contribution in [-0.2, 0) is 25.8 Å². The normalized spacial score (nSPS) is 18.5. The zero-order valence-corrected chi connectivity index (χ0v) is 24.9. The van der Waals surface area contributed by atoms with Gasteiger partial charge in [0.1, 0.15) is 41.5 Å². The Morgan fingerprint density at radius 3 is 2.88 bits per heavy atom. The van der Waals surface area contributed by atoms with Crippen LogP contribution in [0.3, 0.4) is 0 Å². The molecule has 218 valence electrons. The van der Waals surface area contributed by atoms with Gasteiger partial charge in [-0.1, -0.05) is 10.3 Å². The van der Waals surface area contributed by atoms with Crippen LogP contribution in [-0.4, -0.2) is 79.1 Å². The van der Waals surface area contributed by atoms with Gasteiger partial charge in [0.15, 0.2) is 17.0 Å². The summed E-state index contributed by atoms with van der Waals surface area (Å²) in [5.41, 5.74) is 12.4. The lowest BCUT2D eigenvalue weighted by molar-refractivity contribution is -0.662. The van der Waals surface area contributed by atoms with Crippen molar-refractivity contribution in [3.05, 3.63) is 46.9 Å². The summed E-state index contributed by atoms with van der Waals surface area (Å²) >= 11 is 4.02. The molecule has 0 aromatic carbocycles. The van der Waals surface area contributed by atoms with Crippen molar-refractivity contribution in [3.63, 3.8) is 0 Å². The van der Waals surface area contributed by atoms with E-state index in [9.17, 15) is 19.5 Å². The highest BCUT2D eigenvalue weighted by Crippen LogP contribution is 2.40. The van der Waals surface area contributed by atoms with Crippen molar-refractivity contribution in [1.29, 1.82) is 0 Å². The molecule has 0 aliphatic carbocycles. The lowest BCUT2D eigenvalue weighted by Crippen LogP contribution is -2.71. The van der Waals surface area contributed by atoms with Gasteiger partial charge in [-0.25, -0.2) is 9.55 Å². The molecule has 41 heavy (non-hydrogen) atoms. The van der Waals surface area contributed by atoms with Crippen molar-refractivity contribution in [3.8, 4) is 0 Å². The number of β-lactam (4-membered cyclic amide) rings is 1. The van der Waals surface area contributed by atoms with Crippen molar-refractivity contribution in [2.75, 3.05) is 30.4 Å². The number of nitrogens with zero attached hydrogens (tertiary/aromatic N) is 6. The van der Waals surface area contributed by atoms with Crippen LogP contribution < -0.4 is 26.5 Å². The lowest BCUT2D eigenvalue weighted by atomic mass is 10.0. The average molecular weight is 640 g/mol. The zero-order chi connectivity index (χ0) is 28.4. The summed E-state index contributed by atoms with van der Waals surface area (Å²) < 4.78 is 3.55. The molecule has 0 bridgehead atoms. The van der Waals surface area contributed by atoms with Crippen molar-refractivity contribution < 1.29 is 28.9 Å². The number of amides is 2. The van der Waals surface area contributed by atoms with Crippen LogP contribution in [0.1, 0.15) is 12.6 Å². The molecule has 18 heteroatoms. The Morgan fingerprint density at radius 1 is 1.39 bits per heavy atom. The smallest absolute Gasteiger partial charge is 0.307 e. The number of carboxylic acids is 1. The second-order valence-electron chi connectivity index (χ2n) is 8.57. The van der Waals surface area contributed by atoms with Crippen LogP contribution in [0, 0.1) is 0 Å². The standard InChI is InChI=1S/C23H25N9O5S3.ClH/c1-2-37-29-16(13-11-40-23(25)26-13)19(33)27-17-20(34)32-18(22(35)36)12(10-39-21(17)32)9-30-6-7-31-15(30)4-3-14(28-31)38-8-5-24;/h3-4,6-7,11,17,21H,2,5,8-10,24H2,1H3,(H3-,25,26,27,33,35,36);1H/b29-16-;/t17-,21-;/m1./s1. The summed E-state index contributed by atoms with van der Waals surface area (Å²) in [5.74, 6) is -1.65. The minimum atomic E-state index is -1.46. The first-order valence-corrected chi connectivity index (χ1v) is 15.0. The lowest BCUT2D eigenvalue weighted by Gasteiger charge is -2.50. The number of thioether (sulfide) groups is 2. The third-order valence-corrected chi connectivity index (χ3v) is 8.99. The van der Waals surface area contributed by atoms with E-state index in [2.05, 4.69) is 20.6 Å². The molecule has 2 aliphatic rings. The van der Waals surface area contributed by atoms with Gasteiger partial charge in [0, 0.05) is 35.1 Å². The highest BCUT2D eigenvalue weighted by atomic mass is 35.5. The van der Waals surface area contributed by atoms with Crippen molar-refractivity contribution in [1.82, 2.24) is 24.8 Å². The number of nitrogen functional groups attached to an aromatic ring is 1. The van der Waals surface area contributed by atoms with Crippen LogP contribution in [0.5, 0.6) is 0 Å². The molecular weight excluding hydrogens is 614 g/mol. The van der Waals surface area contributed by atoms with Gasteiger partial charge in [-0.2, -0.15) is 0 Å². The molecule has 5 N–H and O–H groups in total. The van der Waals surface area contributed by atoms with Gasteiger partial charge in [-0.15, -0.1) is 51.8 Å². The number of oxime groups is 1. The first-order chi connectivity index (χ1) is 19.3. The molecule has 2 aliphatic heterocycles. The number of aromatic nitrogens is 4. The Labute approximate surface area is 252 Å². The average Bonchev–Trinajstić information content (AvgIpc) is 3.55. The Hall–Kier alpha value is -3.38. The molecule has 2 atom stereocenters. The quantitative estimate of drug-likeness (QED) is 0.0763. The van der Waals surface area contributed by atoms with E-state index in [0.29, 0.717) is 17.9 Å². The van der Waals surface area contributed by atoms with Gasteiger partial charge in [-0.3, -0.25) is 14.5 Å². The number of carboxylic acid groups (broad SMARTS) is 1. The second kappa shape index (κ2) is 13.1. The minimum absolute atomic E-state index is 0. The fourth-order valence-electron chi connectivity index (χ4n) is 4.28. The van der Waals surface area contributed by atoms with Gasteiger partial charge in [-0.05, 0) is 13.0 Å². The van der Waals surface area contributed by atoms with Crippen LogP contribution in [0.4, 0.5) is 5.13 Å². The Bertz CT molecular complexity index is 1540. The largest absolute Gasteiger partial charge is 0.543 e. The summed E-state index contributed by atoms with van der Waals surface area (Å²) in [5, 5.41) is 25.2. The number of carbonyl (C=O) groups excluding carboxylic acids is 3. The molecule has 1 saturated heterocycles. The first-order valence-electron chi connectivity index (χ1n) is 12.1. The number of fused-ring (bicyclic) bond motifs is 2. The van der Waals surface area contributed by atoms with Gasteiger partial charge in [0.2, 0.25) is 0 Å². The van der Waals surface area contributed by atoms with Gasteiger partial charge < -0.3 is 31.5 Å². The van der Waals surface area contributed by atoms with Crippen LogP contribution >= 0.6 is 47.3 Å². The number of nitrogens with two attached hydrogens (primary N) is 2. The van der Waals surface area contributed by atoms with Gasteiger partial charge in [0.25, 0.3) is 11.8 Å². The number of aliphatic carboxylic acids is 1. The van der Waals surface area contributed by atoms with E-state index in [1.165, 1.54) is 16.7 Å². The molecule has 5 heterocycles. The molecule has 0 unspecified atom stereocenters. The first kappa shape index (κ1) is 30.6. The van der Waals surface area contributed by atoms with E-state index in [0.717, 1.165) is 27.8 Å². The number of hydrogen-bond donors (Lipinski definition) is 3. The van der Waals surface area contributed by atoms with Crippen LogP contribution in [0.15, 0.2) is 51.4 Å². The fraction of sp³-hybridized carbons (Fsp3) is 0.348. The Balaban J connectivity index is 0.00000387. The maximum Gasteiger partial charge on any atom is 0.307 e. The van der Waals surface area contributed by atoms with E-state index in [1.54, 1.807) is 41.0 Å². The summed E-state index contributed by atoms with van der Waals surface area (Å²) in [6.07, 6.45) is 3.57. The van der Waals surface area contributed by atoms with Crippen LogP contribution in [0.2, 0.25) is 0 Å². The van der Waals surface area contributed by atoms with E-state index in [-0.39, 0.29) is 47.8 Å². The Kier molecular flexibility index (Phi) is 9.75. The number of rotatable bonds is 11. The van der Waals surface area contributed by atoms with E-state index in [4.69, 9.17) is 16.3 Å². The molecule has 2 amide bonds. The van der Waals surface area contributed by atoms with Crippen molar-refractivity contribution >= 4 is 81.5 Å². The number of halogens is 1. The summed E-state index contributed by atoms with van der Waals surface area (Å²) in [4.78, 5) is 48.7. The van der Waals surface area contributed by atoms with E-state index >= 15 is 0 Å². The number of carbonyl (C=O) groups is 3. The minimum Gasteiger partial charge on any atom is -0.543 e. The highest BCUT2D eigenvalue weighted by molar-refractivity contribution is 8.00. The summed E-state index contributed by atoms with van der Waals surface area (Å²) in [6, 6.07) is 2.80. The number of thiazole rings is 1. The van der Waals surface area contributed by atoms with Gasteiger partial charge >= 0.3 is 5.65 Å². The molecule has 14 nitrogen and oxygen atoms in total. The SMILES string of the molecule is CCO/N=C(\C(=O)N[C@@H]1C(=O)N2C(C(=O)[O-])=C(C[n+]3ccn4nc(SCCN)ccc43)CS[C@H]12)c1csc(N)n1.Cl. The van der Waals surface area contributed by atoms with E-state index < -0.39 is 29.2 Å². The predicted octanol–water partition coefficient (Wildman–Crippen LogP) is -1.02. The number of imidazole rings is 1. The van der Waals surface area contributed by atoms with E-state index in [1.807, 2.05) is 16.7 Å². The summed E-state index contributed by atoms with van der Waals surface area (Å²) in [7, 11) is 0. The van der Waals surface area contributed by atoms with Crippen molar-refractivity contribution in [2.24, 2.45) is 10.9 Å². The molecule has 0 spiro atoms. The highest BCUT2D eigenvalue weighted by Gasteiger charge is 2.53. The molecule has 3 aromatic rings. The van der Waals surface area contributed by atoms with Gasteiger partial charge in [0.05, 0.1) is 11.7 Å². The topological polar surface area (TPSA) is 197 Å². The zero-order valence-electron chi connectivity index (χ0n) is 21.6. The van der Waals surface area contributed by atoms with Crippen LogP contribution in [0.25, 0.3) is 5.65 Å². The molecular formula is C23H26ClN9O5S3.